The van der Waals surface area contributed by atoms with E-state index < -0.39 is 0 Å². The fraction of sp³-hybridized carbons (Fsp3) is 0.238. The number of nitrogens with one attached hydrogen (secondary N) is 1. The minimum absolute atomic E-state index is 0.535. The van der Waals surface area contributed by atoms with Crippen molar-refractivity contribution in [3.05, 3.63) is 72.4 Å². The molecule has 6 nitrogen and oxygen atoms in total. The number of nitrogens with zero attached hydrogens (tertiary/aromatic N) is 3. The Labute approximate surface area is 159 Å². The summed E-state index contributed by atoms with van der Waals surface area (Å²) in [5, 5.41) is 7.42. The van der Waals surface area contributed by atoms with Gasteiger partial charge in [0.1, 0.15) is 18.1 Å². The van der Waals surface area contributed by atoms with E-state index in [4.69, 9.17) is 9.26 Å². The zero-order chi connectivity index (χ0) is 18.9. The number of rotatable bonds is 7. The molecule has 6 heteroatoms. The Kier molecular flexibility index (Phi) is 6.46. The third-order valence-corrected chi connectivity index (χ3v) is 4.06. The molecule has 0 bridgehead atoms. The Morgan fingerprint density at radius 3 is 2.52 bits per heavy atom. The van der Waals surface area contributed by atoms with E-state index in [0.717, 1.165) is 28.7 Å². The molecular formula is C21H24N4O2. The number of aromatic nitrogens is 1. The molecule has 3 rings (SSSR count). The standard InChI is InChI=1S/C21H24N4O2/c1-22-21(25(2)13-14-26-19-11-7-4-8-12-19)23-16-18-15-20(27-24-18)17-9-5-3-6-10-17/h3-12,15H,13-14,16H2,1-2H3,(H,22,23). The minimum atomic E-state index is 0.535. The lowest BCUT2D eigenvalue weighted by Crippen LogP contribution is -2.40. The average Bonchev–Trinajstić information content (AvgIpc) is 3.19. The van der Waals surface area contributed by atoms with E-state index >= 15 is 0 Å². The van der Waals surface area contributed by atoms with Crippen molar-refractivity contribution in [1.29, 1.82) is 0 Å². The van der Waals surface area contributed by atoms with Crippen LogP contribution in [-0.4, -0.2) is 43.3 Å². The van der Waals surface area contributed by atoms with Crippen LogP contribution in [0.1, 0.15) is 5.69 Å². The molecule has 0 fully saturated rings. The largest absolute Gasteiger partial charge is 0.492 e. The zero-order valence-corrected chi connectivity index (χ0v) is 15.6. The van der Waals surface area contributed by atoms with Gasteiger partial charge in [0, 0.05) is 25.7 Å². The van der Waals surface area contributed by atoms with Gasteiger partial charge >= 0.3 is 0 Å². The Hall–Kier alpha value is -3.28. The van der Waals surface area contributed by atoms with Crippen LogP contribution in [0, 0.1) is 0 Å². The summed E-state index contributed by atoms with van der Waals surface area (Å²) >= 11 is 0. The van der Waals surface area contributed by atoms with Crippen LogP contribution < -0.4 is 10.1 Å². The molecule has 140 valence electrons. The van der Waals surface area contributed by atoms with Crippen molar-refractivity contribution < 1.29 is 9.26 Å². The number of hydrogen-bond acceptors (Lipinski definition) is 4. The second-order valence-corrected chi connectivity index (χ2v) is 6.03. The van der Waals surface area contributed by atoms with Gasteiger partial charge in [-0.1, -0.05) is 53.7 Å². The van der Waals surface area contributed by atoms with E-state index in [-0.39, 0.29) is 0 Å². The number of hydrogen-bond donors (Lipinski definition) is 1. The maximum atomic E-state index is 5.73. The average molecular weight is 364 g/mol. The second kappa shape index (κ2) is 9.43. The summed E-state index contributed by atoms with van der Waals surface area (Å²) in [5.74, 6) is 2.40. The molecule has 1 N–H and O–H groups in total. The van der Waals surface area contributed by atoms with E-state index in [9.17, 15) is 0 Å². The summed E-state index contributed by atoms with van der Waals surface area (Å²) in [4.78, 5) is 6.33. The Morgan fingerprint density at radius 1 is 1.11 bits per heavy atom. The smallest absolute Gasteiger partial charge is 0.193 e. The monoisotopic (exact) mass is 364 g/mol. The molecule has 0 atom stereocenters. The van der Waals surface area contributed by atoms with Crippen LogP contribution in [0.15, 0.2) is 76.2 Å². The van der Waals surface area contributed by atoms with Crippen molar-refractivity contribution in [2.24, 2.45) is 4.99 Å². The SMILES string of the molecule is CN=C(NCc1cc(-c2ccccc2)on1)N(C)CCOc1ccccc1. The number of aliphatic imine (C=N–C) groups is 1. The van der Waals surface area contributed by atoms with E-state index in [2.05, 4.69) is 15.5 Å². The van der Waals surface area contributed by atoms with Gasteiger partial charge in [0.25, 0.3) is 0 Å². The van der Waals surface area contributed by atoms with Crippen LogP contribution in [0.5, 0.6) is 5.75 Å². The molecule has 0 aliphatic rings. The van der Waals surface area contributed by atoms with Crippen LogP contribution in [0.2, 0.25) is 0 Å². The van der Waals surface area contributed by atoms with Gasteiger partial charge < -0.3 is 19.5 Å². The van der Waals surface area contributed by atoms with Gasteiger partial charge in [-0.25, -0.2) is 0 Å². The molecule has 0 unspecified atom stereocenters. The zero-order valence-electron chi connectivity index (χ0n) is 15.6. The molecule has 0 saturated heterocycles. The van der Waals surface area contributed by atoms with Gasteiger partial charge in [-0.3, -0.25) is 4.99 Å². The lowest BCUT2D eigenvalue weighted by atomic mass is 10.2. The molecular weight excluding hydrogens is 340 g/mol. The maximum absolute atomic E-state index is 5.73. The summed E-state index contributed by atoms with van der Waals surface area (Å²) in [6, 6.07) is 21.6. The van der Waals surface area contributed by atoms with Crippen LogP contribution in [0.4, 0.5) is 0 Å². The first-order chi connectivity index (χ1) is 13.3. The number of para-hydroxylation sites is 1. The Balaban J connectivity index is 1.48. The minimum Gasteiger partial charge on any atom is -0.492 e. The van der Waals surface area contributed by atoms with Crippen molar-refractivity contribution in [2.45, 2.75) is 6.54 Å². The third kappa shape index (κ3) is 5.34. The fourth-order valence-corrected chi connectivity index (χ4v) is 2.61. The van der Waals surface area contributed by atoms with E-state index in [1.54, 1.807) is 7.05 Å². The predicted molar refractivity (Wildman–Crippen MR) is 107 cm³/mol. The van der Waals surface area contributed by atoms with Gasteiger partial charge in [0.05, 0.1) is 13.1 Å². The lowest BCUT2D eigenvalue weighted by Gasteiger charge is -2.21. The molecule has 0 amide bonds. The highest BCUT2D eigenvalue weighted by atomic mass is 16.5. The molecule has 1 aromatic heterocycles. The summed E-state index contributed by atoms with van der Waals surface area (Å²) in [7, 11) is 3.73. The molecule has 3 aromatic rings. The fourth-order valence-electron chi connectivity index (χ4n) is 2.61. The van der Waals surface area contributed by atoms with E-state index in [1.165, 1.54) is 0 Å². The highest BCUT2D eigenvalue weighted by Gasteiger charge is 2.09. The Bertz CT molecular complexity index is 847. The highest BCUT2D eigenvalue weighted by molar-refractivity contribution is 5.79. The quantitative estimate of drug-likeness (QED) is 0.514. The van der Waals surface area contributed by atoms with Gasteiger partial charge in [-0.15, -0.1) is 0 Å². The molecule has 2 aromatic carbocycles. The third-order valence-electron chi connectivity index (χ3n) is 4.06. The number of guanidine groups is 1. The number of benzene rings is 2. The maximum Gasteiger partial charge on any atom is 0.193 e. The normalized spacial score (nSPS) is 11.3. The van der Waals surface area contributed by atoms with E-state index in [0.29, 0.717) is 19.7 Å². The van der Waals surface area contributed by atoms with Gasteiger partial charge in [-0.2, -0.15) is 0 Å². The first-order valence-corrected chi connectivity index (χ1v) is 8.87. The topological polar surface area (TPSA) is 62.9 Å². The van der Waals surface area contributed by atoms with Crippen molar-refractivity contribution in [1.82, 2.24) is 15.4 Å². The van der Waals surface area contributed by atoms with Crippen molar-refractivity contribution in [2.75, 3.05) is 27.2 Å². The molecule has 0 aliphatic carbocycles. The molecule has 0 radical (unpaired) electrons. The van der Waals surface area contributed by atoms with Crippen LogP contribution >= 0.6 is 0 Å². The van der Waals surface area contributed by atoms with Gasteiger partial charge in [-0.05, 0) is 12.1 Å². The van der Waals surface area contributed by atoms with Crippen LogP contribution in [-0.2, 0) is 6.54 Å². The lowest BCUT2D eigenvalue weighted by molar-refractivity contribution is 0.281. The first-order valence-electron chi connectivity index (χ1n) is 8.87. The summed E-state index contributed by atoms with van der Waals surface area (Å²) in [6.45, 7) is 1.82. The molecule has 0 spiro atoms. The van der Waals surface area contributed by atoms with Crippen molar-refractivity contribution in [3.63, 3.8) is 0 Å². The summed E-state index contributed by atoms with van der Waals surface area (Å²) < 4.78 is 11.2. The van der Waals surface area contributed by atoms with Crippen LogP contribution in [0.25, 0.3) is 11.3 Å². The summed E-state index contributed by atoms with van der Waals surface area (Å²) in [5.41, 5.74) is 1.83. The Morgan fingerprint density at radius 2 is 1.81 bits per heavy atom. The second-order valence-electron chi connectivity index (χ2n) is 6.03. The molecule has 0 saturated carbocycles. The van der Waals surface area contributed by atoms with Gasteiger partial charge in [0.15, 0.2) is 11.7 Å². The predicted octanol–water partition coefficient (Wildman–Crippen LogP) is 3.43. The molecule has 1 heterocycles. The van der Waals surface area contributed by atoms with Crippen molar-refractivity contribution in [3.8, 4) is 17.1 Å². The molecule has 0 aliphatic heterocycles. The molecule has 27 heavy (non-hydrogen) atoms. The number of ether oxygens (including phenoxy) is 1. The summed E-state index contributed by atoms with van der Waals surface area (Å²) in [6.07, 6.45) is 0. The first kappa shape index (κ1) is 18.5. The van der Waals surface area contributed by atoms with Gasteiger partial charge in [0.2, 0.25) is 0 Å². The highest BCUT2D eigenvalue weighted by Crippen LogP contribution is 2.19. The van der Waals surface area contributed by atoms with Crippen molar-refractivity contribution >= 4 is 5.96 Å². The van der Waals surface area contributed by atoms with E-state index in [1.807, 2.05) is 78.7 Å². The number of likely N-dealkylation sites (N-methyl/N-ethyl adjacent to an activating group) is 1. The van der Waals surface area contributed by atoms with Crippen LogP contribution in [0.3, 0.4) is 0 Å².